The van der Waals surface area contributed by atoms with E-state index >= 15 is 0 Å². The smallest absolute Gasteiger partial charge is 0.309 e. The van der Waals surface area contributed by atoms with E-state index in [1.165, 1.54) is 6.92 Å². The Hall–Kier alpha value is -1.77. The largest absolute Gasteiger partial charge is 0.390 e. The van der Waals surface area contributed by atoms with E-state index in [0.29, 0.717) is 0 Å². The number of nitro groups is 1. The van der Waals surface area contributed by atoms with Gasteiger partial charge in [-0.15, -0.1) is 0 Å². The van der Waals surface area contributed by atoms with E-state index in [2.05, 4.69) is 4.98 Å². The molecule has 0 fully saturated rings. The Morgan fingerprint density at radius 1 is 1.63 bits per heavy atom. The highest BCUT2D eigenvalue weighted by molar-refractivity contribution is 6.31. The molecule has 4 N–H and O–H groups in total. The van der Waals surface area contributed by atoms with Gasteiger partial charge < -0.3 is 15.9 Å². The number of amides is 1. The van der Waals surface area contributed by atoms with Crippen LogP contribution in [-0.2, 0) is 4.79 Å². The standard InChI is InChI=1S/C10H12ClN3O5/c1-4-5(9(17)6(15)2-7(12)16)3-13-10(11)8(4)14(18)19/h3,6,9,15,17H,2H2,1H3,(H2,12,16). The van der Waals surface area contributed by atoms with Crippen LogP contribution in [0.25, 0.3) is 0 Å². The van der Waals surface area contributed by atoms with Crippen LogP contribution in [0.15, 0.2) is 6.20 Å². The Bertz CT molecular complexity index is 522. The van der Waals surface area contributed by atoms with Crippen LogP contribution in [0.2, 0.25) is 5.15 Å². The molecule has 1 heterocycles. The van der Waals surface area contributed by atoms with Crippen molar-refractivity contribution in [1.82, 2.24) is 4.98 Å². The highest BCUT2D eigenvalue weighted by atomic mass is 35.5. The van der Waals surface area contributed by atoms with Crippen molar-refractivity contribution in [2.24, 2.45) is 5.73 Å². The minimum Gasteiger partial charge on any atom is -0.390 e. The number of rotatable bonds is 5. The summed E-state index contributed by atoms with van der Waals surface area (Å²) in [5.41, 5.74) is 4.53. The highest BCUT2D eigenvalue weighted by Crippen LogP contribution is 2.32. The zero-order chi connectivity index (χ0) is 14.7. The zero-order valence-corrected chi connectivity index (χ0v) is 10.7. The van der Waals surface area contributed by atoms with Gasteiger partial charge in [0.1, 0.15) is 6.10 Å². The van der Waals surface area contributed by atoms with E-state index in [1.807, 2.05) is 0 Å². The quantitative estimate of drug-likeness (QED) is 0.402. The van der Waals surface area contributed by atoms with Crippen LogP contribution in [0.5, 0.6) is 0 Å². The number of hydrogen-bond donors (Lipinski definition) is 3. The molecule has 2 unspecified atom stereocenters. The Balaban J connectivity index is 3.18. The van der Waals surface area contributed by atoms with Crippen molar-refractivity contribution in [3.8, 4) is 0 Å². The van der Waals surface area contributed by atoms with Crippen LogP contribution in [0.4, 0.5) is 5.69 Å². The molecule has 0 saturated heterocycles. The molecule has 0 aliphatic rings. The first-order valence-electron chi connectivity index (χ1n) is 5.19. The van der Waals surface area contributed by atoms with Crippen molar-refractivity contribution in [1.29, 1.82) is 0 Å². The molecule has 0 bridgehead atoms. The molecule has 0 saturated carbocycles. The number of aromatic nitrogens is 1. The van der Waals surface area contributed by atoms with E-state index in [4.69, 9.17) is 17.3 Å². The van der Waals surface area contributed by atoms with Crippen molar-refractivity contribution >= 4 is 23.2 Å². The van der Waals surface area contributed by atoms with Gasteiger partial charge in [-0.25, -0.2) is 4.98 Å². The fourth-order valence-electron chi connectivity index (χ4n) is 1.61. The van der Waals surface area contributed by atoms with Crippen LogP contribution in [0, 0.1) is 17.0 Å². The molecule has 1 aromatic rings. The molecule has 104 valence electrons. The summed E-state index contributed by atoms with van der Waals surface area (Å²) in [5, 5.41) is 29.9. The van der Waals surface area contributed by atoms with E-state index in [9.17, 15) is 25.1 Å². The average molecular weight is 290 g/mol. The van der Waals surface area contributed by atoms with Crippen molar-refractivity contribution in [3.63, 3.8) is 0 Å². The zero-order valence-electron chi connectivity index (χ0n) is 9.91. The van der Waals surface area contributed by atoms with Crippen LogP contribution in [-0.4, -0.2) is 32.1 Å². The third kappa shape index (κ3) is 3.37. The monoisotopic (exact) mass is 289 g/mol. The predicted octanol–water partition coefficient (Wildman–Crippen LogP) is 0.221. The minimum absolute atomic E-state index is 0.0184. The molecule has 8 nitrogen and oxygen atoms in total. The first-order chi connectivity index (χ1) is 8.75. The maximum atomic E-state index is 10.8. The van der Waals surface area contributed by atoms with Crippen molar-refractivity contribution in [3.05, 3.63) is 32.6 Å². The summed E-state index contributed by atoms with van der Waals surface area (Å²) in [4.78, 5) is 24.3. The van der Waals surface area contributed by atoms with Gasteiger partial charge in [0.05, 0.1) is 17.4 Å². The number of aliphatic hydroxyl groups excluding tert-OH is 2. The molecular formula is C10H12ClN3O5. The summed E-state index contributed by atoms with van der Waals surface area (Å²) < 4.78 is 0. The fourth-order valence-corrected chi connectivity index (χ4v) is 1.87. The second-order valence-electron chi connectivity index (χ2n) is 3.92. The second kappa shape index (κ2) is 5.91. The lowest BCUT2D eigenvalue weighted by atomic mass is 9.99. The molecule has 2 atom stereocenters. The number of nitrogens with two attached hydrogens (primary N) is 1. The van der Waals surface area contributed by atoms with Gasteiger partial charge in [-0.05, 0) is 6.92 Å². The van der Waals surface area contributed by atoms with Gasteiger partial charge in [-0.3, -0.25) is 14.9 Å². The summed E-state index contributed by atoms with van der Waals surface area (Å²) in [6.45, 7) is 1.36. The first-order valence-corrected chi connectivity index (χ1v) is 5.57. The maximum Gasteiger partial charge on any atom is 0.309 e. The number of carbonyl (C=O) groups excluding carboxylic acids is 1. The Labute approximate surface area is 113 Å². The molecule has 0 aromatic carbocycles. The molecule has 1 rings (SSSR count). The van der Waals surface area contributed by atoms with Crippen molar-refractivity contribution in [2.75, 3.05) is 0 Å². The fraction of sp³-hybridized carbons (Fsp3) is 0.400. The summed E-state index contributed by atoms with van der Waals surface area (Å²) in [7, 11) is 0. The minimum atomic E-state index is -1.52. The van der Waals surface area contributed by atoms with Crippen LogP contribution < -0.4 is 5.73 Å². The van der Waals surface area contributed by atoms with E-state index < -0.39 is 35.1 Å². The first kappa shape index (κ1) is 15.3. The van der Waals surface area contributed by atoms with Crippen molar-refractivity contribution < 1.29 is 19.9 Å². The number of aliphatic hydroxyl groups is 2. The SMILES string of the molecule is Cc1c(C(O)C(O)CC(N)=O)cnc(Cl)c1[N+](=O)[O-]. The molecular weight excluding hydrogens is 278 g/mol. The van der Waals surface area contributed by atoms with Crippen LogP contribution >= 0.6 is 11.6 Å². The Morgan fingerprint density at radius 2 is 2.21 bits per heavy atom. The summed E-state index contributed by atoms with van der Waals surface area (Å²) in [6, 6.07) is 0. The van der Waals surface area contributed by atoms with Gasteiger partial charge in [-0.2, -0.15) is 0 Å². The lowest BCUT2D eigenvalue weighted by Gasteiger charge is -2.18. The van der Waals surface area contributed by atoms with Crippen molar-refractivity contribution in [2.45, 2.75) is 25.6 Å². The predicted molar refractivity (Wildman–Crippen MR) is 65.4 cm³/mol. The topological polar surface area (TPSA) is 140 Å². The maximum absolute atomic E-state index is 10.8. The molecule has 0 aliphatic carbocycles. The van der Waals surface area contributed by atoms with E-state index in [-0.39, 0.29) is 16.3 Å². The normalized spacial score (nSPS) is 13.9. The van der Waals surface area contributed by atoms with E-state index in [0.717, 1.165) is 6.20 Å². The van der Waals surface area contributed by atoms with Gasteiger partial charge in [-0.1, -0.05) is 11.6 Å². The summed E-state index contributed by atoms with van der Waals surface area (Å²) in [5.74, 6) is -0.805. The molecule has 1 amide bonds. The Kier molecular flexibility index (Phi) is 4.76. The molecule has 19 heavy (non-hydrogen) atoms. The third-order valence-corrected chi connectivity index (χ3v) is 2.85. The molecule has 0 radical (unpaired) electrons. The van der Waals surface area contributed by atoms with E-state index in [1.54, 1.807) is 0 Å². The number of halogens is 1. The molecule has 9 heteroatoms. The lowest BCUT2D eigenvalue weighted by Crippen LogP contribution is -2.26. The van der Waals surface area contributed by atoms with Gasteiger partial charge in [0.25, 0.3) is 0 Å². The molecule has 0 aliphatic heterocycles. The highest BCUT2D eigenvalue weighted by Gasteiger charge is 2.28. The summed E-state index contributed by atoms with van der Waals surface area (Å²) in [6.07, 6.45) is -2.36. The Morgan fingerprint density at radius 3 is 2.68 bits per heavy atom. The average Bonchev–Trinajstić information content (AvgIpc) is 2.26. The number of carbonyl (C=O) groups is 1. The summed E-state index contributed by atoms with van der Waals surface area (Å²) >= 11 is 5.59. The number of nitrogens with zero attached hydrogens (tertiary/aromatic N) is 2. The third-order valence-electron chi connectivity index (χ3n) is 2.58. The van der Waals surface area contributed by atoms with Gasteiger partial charge in [0.2, 0.25) is 11.1 Å². The molecule has 1 aromatic heterocycles. The number of pyridine rings is 1. The van der Waals surface area contributed by atoms with Gasteiger partial charge in [0.15, 0.2) is 0 Å². The number of primary amides is 1. The van der Waals surface area contributed by atoms with Crippen LogP contribution in [0.1, 0.15) is 23.7 Å². The lowest BCUT2D eigenvalue weighted by molar-refractivity contribution is -0.385. The van der Waals surface area contributed by atoms with Gasteiger partial charge >= 0.3 is 5.69 Å². The second-order valence-corrected chi connectivity index (χ2v) is 4.28. The number of hydrogen-bond acceptors (Lipinski definition) is 6. The molecule has 0 spiro atoms. The van der Waals surface area contributed by atoms with Crippen LogP contribution in [0.3, 0.4) is 0 Å². The van der Waals surface area contributed by atoms with Gasteiger partial charge in [0, 0.05) is 17.3 Å².